The molecular weight excluding hydrogens is 399 g/mol. The number of aryl methyl sites for hydroxylation is 1. The second kappa shape index (κ2) is 5.87. The lowest BCUT2D eigenvalue weighted by Gasteiger charge is -2.32. The summed E-state index contributed by atoms with van der Waals surface area (Å²) in [6, 6.07) is 2.48. The Morgan fingerprint density at radius 3 is 2.13 bits per heavy atom. The van der Waals surface area contributed by atoms with Gasteiger partial charge in [0.2, 0.25) is 0 Å². The Labute approximate surface area is 135 Å². The minimum atomic E-state index is -6.21. The maximum atomic E-state index is 14.4. The minimum Gasteiger partial charge on any atom is -0.381 e. The minimum absolute atomic E-state index is 0.0344. The number of hydrogen-bond acceptors (Lipinski definition) is 2. The maximum Gasteiger partial charge on any atom is 0.437 e. The standard InChI is InChI=1S/C13H10BrF7NO/c1-6-4-8(14)22-10(9(6)7-2-3-23-5-7)11(15,12(16,17)18)13(19,20)21/h7H,2-3,5H2,1H3. The van der Waals surface area contributed by atoms with Gasteiger partial charge in [0.15, 0.2) is 0 Å². The molecule has 0 amide bonds. The lowest BCUT2D eigenvalue weighted by atomic mass is 9.85. The topological polar surface area (TPSA) is 22.1 Å². The van der Waals surface area contributed by atoms with Crippen LogP contribution in [0.3, 0.4) is 0 Å². The van der Waals surface area contributed by atoms with E-state index in [9.17, 15) is 30.7 Å². The second-order valence-electron chi connectivity index (χ2n) is 5.13. The highest BCUT2D eigenvalue weighted by molar-refractivity contribution is 9.10. The van der Waals surface area contributed by atoms with Crippen molar-refractivity contribution in [2.24, 2.45) is 0 Å². The summed E-state index contributed by atoms with van der Waals surface area (Å²) in [5.41, 5.74) is -7.76. The molecule has 0 N–H and O–H groups in total. The van der Waals surface area contributed by atoms with Crippen LogP contribution < -0.4 is 0 Å². The number of halogens is 8. The number of ether oxygens (including phenoxy) is 1. The van der Waals surface area contributed by atoms with Gasteiger partial charge in [-0.25, -0.2) is 9.37 Å². The van der Waals surface area contributed by atoms with Gasteiger partial charge in [-0.1, -0.05) is 0 Å². The van der Waals surface area contributed by atoms with E-state index >= 15 is 0 Å². The van der Waals surface area contributed by atoms with Crippen molar-refractivity contribution < 1.29 is 35.5 Å². The van der Waals surface area contributed by atoms with E-state index in [4.69, 9.17) is 4.74 Å². The van der Waals surface area contributed by atoms with Gasteiger partial charge in [0.25, 0.3) is 0 Å². The van der Waals surface area contributed by atoms with Gasteiger partial charge in [-0.15, -0.1) is 0 Å². The third-order valence-electron chi connectivity index (χ3n) is 3.61. The van der Waals surface area contributed by atoms with E-state index in [0.29, 0.717) is 0 Å². The van der Waals surface area contributed by atoms with E-state index in [2.05, 4.69) is 27.0 Å². The molecule has 0 aromatic carbocycles. The Bertz CT molecular complexity index is 579. The second-order valence-corrected chi connectivity index (χ2v) is 5.88. The van der Waals surface area contributed by atoms with Gasteiger partial charge < -0.3 is 4.74 Å². The van der Waals surface area contributed by atoms with Gasteiger partial charge in [-0.3, -0.25) is 0 Å². The van der Waals surface area contributed by atoms with Crippen LogP contribution in [0.15, 0.2) is 4.60 Å². The molecule has 1 radical (unpaired) electrons. The van der Waals surface area contributed by atoms with E-state index in [0.717, 1.165) is 0 Å². The van der Waals surface area contributed by atoms with Crippen LogP contribution in [0.1, 0.15) is 29.2 Å². The molecule has 0 bridgehead atoms. The number of aromatic nitrogens is 1. The lowest BCUT2D eigenvalue weighted by molar-refractivity contribution is -0.350. The Hall–Kier alpha value is -0.900. The predicted molar refractivity (Wildman–Crippen MR) is 68.6 cm³/mol. The average Bonchev–Trinajstić information content (AvgIpc) is 2.87. The molecule has 2 heterocycles. The highest BCUT2D eigenvalue weighted by atomic mass is 79.9. The summed E-state index contributed by atoms with van der Waals surface area (Å²) in [5, 5.41) is 0. The highest BCUT2D eigenvalue weighted by Crippen LogP contribution is 2.55. The van der Waals surface area contributed by atoms with Gasteiger partial charge in [0.1, 0.15) is 10.3 Å². The zero-order valence-corrected chi connectivity index (χ0v) is 13.2. The Morgan fingerprint density at radius 1 is 1.13 bits per heavy atom. The smallest absolute Gasteiger partial charge is 0.381 e. The molecule has 1 aromatic heterocycles. The molecule has 1 fully saturated rings. The van der Waals surface area contributed by atoms with Gasteiger partial charge in [-0.2, -0.15) is 26.3 Å². The van der Waals surface area contributed by atoms with Crippen molar-refractivity contribution in [3.63, 3.8) is 0 Å². The van der Waals surface area contributed by atoms with E-state index in [-0.39, 0.29) is 25.2 Å². The Morgan fingerprint density at radius 2 is 1.70 bits per heavy atom. The molecule has 129 valence electrons. The normalized spacial score (nSPS) is 20.1. The first-order valence-corrected chi connectivity index (χ1v) is 7.18. The molecule has 23 heavy (non-hydrogen) atoms. The first-order chi connectivity index (χ1) is 10.4. The van der Waals surface area contributed by atoms with Crippen molar-refractivity contribution in [2.45, 2.75) is 37.3 Å². The third kappa shape index (κ3) is 3.07. The van der Waals surface area contributed by atoms with Gasteiger partial charge in [0, 0.05) is 18.6 Å². The van der Waals surface area contributed by atoms with E-state index in [1.54, 1.807) is 0 Å². The first-order valence-electron chi connectivity index (χ1n) is 6.39. The van der Waals surface area contributed by atoms with Crippen molar-refractivity contribution in [2.75, 3.05) is 13.2 Å². The van der Waals surface area contributed by atoms with Crippen molar-refractivity contribution in [1.29, 1.82) is 0 Å². The van der Waals surface area contributed by atoms with Crippen molar-refractivity contribution in [1.82, 2.24) is 4.98 Å². The molecule has 1 unspecified atom stereocenters. The molecule has 1 aliphatic rings. The van der Waals surface area contributed by atoms with E-state index in [1.165, 1.54) is 6.92 Å². The molecule has 1 saturated heterocycles. The maximum absolute atomic E-state index is 14.4. The molecule has 2 nitrogen and oxygen atoms in total. The van der Waals surface area contributed by atoms with E-state index < -0.39 is 39.8 Å². The Kier molecular flexibility index (Phi) is 4.71. The van der Waals surface area contributed by atoms with E-state index in [1.807, 2.05) is 0 Å². The zero-order chi connectivity index (χ0) is 17.6. The van der Waals surface area contributed by atoms with Crippen molar-refractivity contribution >= 4 is 15.9 Å². The molecule has 10 heteroatoms. The summed E-state index contributed by atoms with van der Waals surface area (Å²) in [4.78, 5) is 3.17. The van der Waals surface area contributed by atoms with Crippen LogP contribution in [0, 0.1) is 13.0 Å². The summed E-state index contributed by atoms with van der Waals surface area (Å²) in [6.45, 7) is 1.32. The van der Waals surface area contributed by atoms with Gasteiger partial charge in [-0.05, 0) is 40.4 Å². The first kappa shape index (κ1) is 18.4. The number of rotatable bonds is 2. The molecule has 0 saturated carbocycles. The molecule has 0 spiro atoms. The number of pyridine rings is 1. The average molecular weight is 409 g/mol. The fourth-order valence-corrected chi connectivity index (χ4v) is 3.01. The molecular formula is C13H10BrF7NO. The highest BCUT2D eigenvalue weighted by Gasteiger charge is 2.75. The molecule has 2 rings (SSSR count). The summed E-state index contributed by atoms with van der Waals surface area (Å²) in [7, 11) is 0. The Balaban J connectivity index is 2.78. The molecule has 1 aromatic rings. The van der Waals surface area contributed by atoms with Crippen LogP contribution in [-0.4, -0.2) is 30.6 Å². The predicted octanol–water partition coefficient (Wildman–Crippen LogP) is 4.75. The third-order valence-corrected chi connectivity index (χ3v) is 3.98. The number of nitrogens with zero attached hydrogens (tertiary/aromatic N) is 1. The van der Waals surface area contributed by atoms with Crippen LogP contribution in [0.5, 0.6) is 0 Å². The largest absolute Gasteiger partial charge is 0.437 e. The van der Waals surface area contributed by atoms with Crippen molar-refractivity contribution in [3.05, 3.63) is 27.5 Å². The summed E-state index contributed by atoms with van der Waals surface area (Å²) in [5.74, 6) is -0.804. The fourth-order valence-electron chi connectivity index (χ4n) is 2.54. The quantitative estimate of drug-likeness (QED) is 0.520. The summed E-state index contributed by atoms with van der Waals surface area (Å²) < 4.78 is 97.1. The zero-order valence-electron chi connectivity index (χ0n) is 11.6. The van der Waals surface area contributed by atoms with Crippen LogP contribution in [0.4, 0.5) is 30.7 Å². The van der Waals surface area contributed by atoms with Crippen LogP contribution in [0.2, 0.25) is 0 Å². The summed E-state index contributed by atoms with van der Waals surface area (Å²) >= 11 is 2.68. The lowest BCUT2D eigenvalue weighted by Crippen LogP contribution is -2.51. The van der Waals surface area contributed by atoms with Crippen LogP contribution in [0.25, 0.3) is 0 Å². The van der Waals surface area contributed by atoms with Gasteiger partial charge in [0.05, 0.1) is 6.61 Å². The molecule has 1 aliphatic heterocycles. The molecule has 0 aliphatic carbocycles. The monoisotopic (exact) mass is 408 g/mol. The summed E-state index contributed by atoms with van der Waals surface area (Å²) in [6.07, 6.45) is -12.2. The fraction of sp³-hybridized carbons (Fsp3) is 0.615. The number of alkyl halides is 7. The molecule has 1 atom stereocenters. The SMILES string of the molecule is Cc1[c]c(Br)nc(C(F)(C(F)(F)F)C(F)(F)F)c1C1CCOC1. The van der Waals surface area contributed by atoms with Crippen LogP contribution >= 0.6 is 15.9 Å². The number of hydrogen-bond donors (Lipinski definition) is 0. The van der Waals surface area contributed by atoms with Crippen LogP contribution in [-0.2, 0) is 10.4 Å². The van der Waals surface area contributed by atoms with Gasteiger partial charge >= 0.3 is 18.0 Å². The van der Waals surface area contributed by atoms with Crippen molar-refractivity contribution in [3.8, 4) is 0 Å².